The van der Waals surface area contributed by atoms with Gasteiger partial charge in [0.05, 0.1) is 9.92 Å². The van der Waals surface area contributed by atoms with Crippen LogP contribution in [-0.4, -0.2) is 14.5 Å². The van der Waals surface area contributed by atoms with E-state index in [1.54, 1.807) is 6.92 Å². The van der Waals surface area contributed by atoms with Crippen molar-refractivity contribution in [2.24, 2.45) is 0 Å². The summed E-state index contributed by atoms with van der Waals surface area (Å²) in [6.07, 6.45) is 1.52. The molecule has 1 N–H and O–H groups in total. The van der Waals surface area contributed by atoms with E-state index in [-0.39, 0.29) is 10.9 Å². The van der Waals surface area contributed by atoms with Gasteiger partial charge >= 0.3 is 0 Å². The highest BCUT2D eigenvalue weighted by Gasteiger charge is 2.16. The fraction of sp³-hybridized carbons (Fsp3) is 0.200. The summed E-state index contributed by atoms with van der Waals surface area (Å²) in [6.45, 7) is 5.22. The number of halogens is 2. The maximum absolute atomic E-state index is 11.8. The minimum Gasteiger partial charge on any atom is -0.207 e. The summed E-state index contributed by atoms with van der Waals surface area (Å²) >= 11 is 8.96. The van der Waals surface area contributed by atoms with Gasteiger partial charge in [-0.3, -0.25) is 0 Å². The van der Waals surface area contributed by atoms with Crippen molar-refractivity contribution in [2.75, 3.05) is 0 Å². The van der Waals surface area contributed by atoms with Crippen LogP contribution in [0.2, 0.25) is 5.02 Å². The van der Waals surface area contributed by atoms with E-state index >= 15 is 0 Å². The van der Waals surface area contributed by atoms with Gasteiger partial charge in [0, 0.05) is 10.5 Å². The van der Waals surface area contributed by atoms with Gasteiger partial charge in [0.1, 0.15) is 0 Å². The van der Waals surface area contributed by atoms with Crippen molar-refractivity contribution in [3.05, 3.63) is 40.3 Å². The summed E-state index contributed by atoms with van der Waals surface area (Å²) in [5.74, 6) is 0. The molecule has 0 bridgehead atoms. The molecule has 88 valence electrons. The lowest BCUT2D eigenvalue weighted by Crippen LogP contribution is -2.30. The Morgan fingerprint density at radius 3 is 2.69 bits per heavy atom. The molecule has 0 aliphatic rings. The van der Waals surface area contributed by atoms with Crippen LogP contribution in [0.4, 0.5) is 0 Å². The smallest absolute Gasteiger partial charge is 0.207 e. The average Bonchev–Trinajstić information content (AvgIpc) is 2.21. The lowest BCUT2D eigenvalue weighted by Gasteiger charge is -2.10. The molecule has 0 aliphatic heterocycles. The van der Waals surface area contributed by atoms with Crippen LogP contribution in [0.1, 0.15) is 6.92 Å². The lowest BCUT2D eigenvalue weighted by atomic mass is 10.4. The molecule has 0 saturated carbocycles. The average molecular weight is 325 g/mol. The second-order valence-electron chi connectivity index (χ2n) is 3.22. The number of rotatable bonds is 4. The zero-order valence-electron chi connectivity index (χ0n) is 8.57. The predicted molar refractivity (Wildman–Crippen MR) is 69.1 cm³/mol. The molecule has 1 aromatic rings. The van der Waals surface area contributed by atoms with Gasteiger partial charge in [-0.1, -0.05) is 17.7 Å². The van der Waals surface area contributed by atoms with E-state index < -0.39 is 10.0 Å². The van der Waals surface area contributed by atoms with Crippen molar-refractivity contribution in [3.8, 4) is 0 Å². The molecule has 0 amide bonds. The number of hydrogen-bond donors (Lipinski definition) is 1. The minimum absolute atomic E-state index is 0.164. The fourth-order valence-corrected chi connectivity index (χ4v) is 2.89. The third kappa shape index (κ3) is 3.31. The maximum atomic E-state index is 11.8. The normalized spacial score (nSPS) is 13.4. The van der Waals surface area contributed by atoms with Crippen LogP contribution in [-0.2, 0) is 10.0 Å². The molecule has 0 saturated heterocycles. The Morgan fingerprint density at radius 2 is 2.19 bits per heavy atom. The Labute approximate surface area is 109 Å². The van der Waals surface area contributed by atoms with Crippen molar-refractivity contribution in [1.82, 2.24) is 4.72 Å². The summed E-state index contributed by atoms with van der Waals surface area (Å²) in [5, 5.41) is 0.468. The highest BCUT2D eigenvalue weighted by Crippen LogP contribution is 2.25. The molecule has 3 nitrogen and oxygen atoms in total. The van der Waals surface area contributed by atoms with Gasteiger partial charge in [0.25, 0.3) is 0 Å². The van der Waals surface area contributed by atoms with Crippen molar-refractivity contribution < 1.29 is 8.42 Å². The maximum Gasteiger partial charge on any atom is 0.241 e. The lowest BCUT2D eigenvalue weighted by molar-refractivity contribution is 0.576. The summed E-state index contributed by atoms with van der Waals surface area (Å²) in [7, 11) is -3.52. The first-order chi connectivity index (χ1) is 7.36. The molecule has 6 heteroatoms. The van der Waals surface area contributed by atoms with E-state index in [2.05, 4.69) is 27.2 Å². The summed E-state index contributed by atoms with van der Waals surface area (Å²) < 4.78 is 26.7. The van der Waals surface area contributed by atoms with Crippen molar-refractivity contribution in [3.63, 3.8) is 0 Å². The van der Waals surface area contributed by atoms with E-state index in [0.717, 1.165) is 0 Å². The van der Waals surface area contributed by atoms with Crippen LogP contribution in [0.25, 0.3) is 0 Å². The fourth-order valence-electron chi connectivity index (χ4n) is 1.00. The second-order valence-corrected chi connectivity index (χ2v) is 6.20. The molecule has 1 aromatic carbocycles. The summed E-state index contributed by atoms with van der Waals surface area (Å²) in [6, 6.07) is 4.12. The van der Waals surface area contributed by atoms with E-state index in [4.69, 9.17) is 11.6 Å². The van der Waals surface area contributed by atoms with E-state index in [0.29, 0.717) is 9.50 Å². The number of sulfonamides is 1. The Kier molecular flexibility index (Phi) is 4.55. The molecule has 1 unspecified atom stereocenters. The molecular formula is C10H11BrClNO2S. The number of hydrogen-bond acceptors (Lipinski definition) is 2. The first-order valence-electron chi connectivity index (χ1n) is 4.47. The molecule has 0 radical (unpaired) electrons. The van der Waals surface area contributed by atoms with Crippen LogP contribution in [0.15, 0.2) is 40.2 Å². The van der Waals surface area contributed by atoms with Gasteiger partial charge < -0.3 is 0 Å². The van der Waals surface area contributed by atoms with Crippen LogP contribution >= 0.6 is 27.5 Å². The largest absolute Gasteiger partial charge is 0.241 e. The molecular weight excluding hydrogens is 314 g/mol. The molecule has 1 rings (SSSR count). The van der Waals surface area contributed by atoms with Crippen LogP contribution < -0.4 is 4.72 Å². The monoisotopic (exact) mass is 323 g/mol. The van der Waals surface area contributed by atoms with Crippen LogP contribution in [0.3, 0.4) is 0 Å². The molecule has 1 atom stereocenters. The Balaban J connectivity index is 3.08. The van der Waals surface area contributed by atoms with Gasteiger partial charge in [-0.25, -0.2) is 13.1 Å². The van der Waals surface area contributed by atoms with Crippen molar-refractivity contribution in [1.29, 1.82) is 0 Å². The zero-order valence-corrected chi connectivity index (χ0v) is 11.7. The molecule has 0 heterocycles. The van der Waals surface area contributed by atoms with Crippen LogP contribution in [0, 0.1) is 0 Å². The Morgan fingerprint density at radius 1 is 1.56 bits per heavy atom. The summed E-state index contributed by atoms with van der Waals surface area (Å²) in [5.41, 5.74) is 0. The van der Waals surface area contributed by atoms with E-state index in [9.17, 15) is 8.42 Å². The molecule has 16 heavy (non-hydrogen) atoms. The van der Waals surface area contributed by atoms with Gasteiger partial charge in [0.2, 0.25) is 10.0 Å². The highest BCUT2D eigenvalue weighted by atomic mass is 79.9. The summed E-state index contributed by atoms with van der Waals surface area (Å²) in [4.78, 5) is 0.164. The molecule has 0 aromatic heterocycles. The quantitative estimate of drug-likeness (QED) is 0.866. The minimum atomic E-state index is -3.52. The Bertz CT molecular complexity index is 502. The van der Waals surface area contributed by atoms with Gasteiger partial charge in [-0.15, -0.1) is 6.58 Å². The van der Waals surface area contributed by atoms with Crippen molar-refractivity contribution >= 4 is 37.6 Å². The molecule has 0 spiro atoms. The van der Waals surface area contributed by atoms with E-state index in [1.807, 2.05) is 0 Å². The van der Waals surface area contributed by atoms with E-state index in [1.165, 1.54) is 24.3 Å². The predicted octanol–water partition coefficient (Wildman–Crippen LogP) is 2.96. The first kappa shape index (κ1) is 13.7. The number of benzene rings is 1. The molecule has 0 fully saturated rings. The zero-order chi connectivity index (χ0) is 12.3. The number of nitrogens with one attached hydrogen (secondary N) is 1. The third-order valence-electron chi connectivity index (χ3n) is 1.90. The van der Waals surface area contributed by atoms with Crippen molar-refractivity contribution in [2.45, 2.75) is 17.9 Å². The highest BCUT2D eigenvalue weighted by molar-refractivity contribution is 9.10. The van der Waals surface area contributed by atoms with Crippen LogP contribution in [0.5, 0.6) is 0 Å². The standard InChI is InChI=1S/C10H11BrClNO2S/c1-3-7(2)13-16(14,15)8-4-5-10(12)9(11)6-8/h3-7,13H,1H2,2H3. The van der Waals surface area contributed by atoms with Gasteiger partial charge in [-0.2, -0.15) is 0 Å². The van der Waals surface area contributed by atoms with Gasteiger partial charge in [0.15, 0.2) is 0 Å². The first-order valence-corrected chi connectivity index (χ1v) is 7.12. The molecule has 0 aliphatic carbocycles. The third-order valence-corrected chi connectivity index (χ3v) is 4.67. The topological polar surface area (TPSA) is 46.2 Å². The second kappa shape index (κ2) is 5.31. The Hall–Kier alpha value is -0.360. The SMILES string of the molecule is C=CC(C)NS(=O)(=O)c1ccc(Cl)c(Br)c1. The van der Waals surface area contributed by atoms with Gasteiger partial charge in [-0.05, 0) is 41.1 Å².